The first-order chi connectivity index (χ1) is 10.3. The first-order valence-corrected chi connectivity index (χ1v) is 7.59. The summed E-state index contributed by atoms with van der Waals surface area (Å²) in [6.07, 6.45) is 4.61. The maximum Gasteiger partial charge on any atom is 0.161 e. The topological polar surface area (TPSA) is 33.7 Å². The Bertz CT molecular complexity index is 510. The van der Waals surface area contributed by atoms with Crippen LogP contribution in [0.2, 0.25) is 0 Å². The standard InChI is InChI=1S/C17H24N2O2/c1-4-15-14-7-6-13(10-18-14)19(15)11-12-5-8-16(20-2)17(9-12)21-3/h4-5,8-9,13-15,18H,1,6-7,10-11H2,2-3H3/t13-,14-,15+/m0/s1. The SMILES string of the molecule is C=C[C@@H]1[C@@H]2CC[C@@H](CN2)N1Cc1ccc(OC)c(OC)c1. The number of nitrogens with one attached hydrogen (secondary N) is 1. The Morgan fingerprint density at radius 1 is 1.29 bits per heavy atom. The lowest BCUT2D eigenvalue weighted by Gasteiger charge is -2.51. The Labute approximate surface area is 126 Å². The summed E-state index contributed by atoms with van der Waals surface area (Å²) in [6, 6.07) is 7.76. The molecule has 4 rings (SSSR count). The molecule has 0 spiro atoms. The van der Waals surface area contributed by atoms with Gasteiger partial charge in [0.2, 0.25) is 0 Å². The van der Waals surface area contributed by atoms with Crippen molar-refractivity contribution in [3.05, 3.63) is 36.4 Å². The zero-order chi connectivity index (χ0) is 14.8. The molecule has 0 unspecified atom stereocenters. The summed E-state index contributed by atoms with van der Waals surface area (Å²) in [6.45, 7) is 6.05. The van der Waals surface area contributed by atoms with E-state index in [-0.39, 0.29) is 0 Å². The van der Waals surface area contributed by atoms with Crippen LogP contribution < -0.4 is 14.8 Å². The Morgan fingerprint density at radius 3 is 2.71 bits per heavy atom. The first kappa shape index (κ1) is 14.4. The van der Waals surface area contributed by atoms with Crippen molar-refractivity contribution in [3.63, 3.8) is 0 Å². The number of hydrogen-bond acceptors (Lipinski definition) is 4. The maximum absolute atomic E-state index is 5.41. The third kappa shape index (κ3) is 2.65. The number of piperazine rings is 1. The quantitative estimate of drug-likeness (QED) is 0.842. The monoisotopic (exact) mass is 288 g/mol. The van der Waals surface area contributed by atoms with E-state index >= 15 is 0 Å². The molecule has 0 amide bonds. The van der Waals surface area contributed by atoms with Gasteiger partial charge in [0.15, 0.2) is 11.5 Å². The van der Waals surface area contributed by atoms with Gasteiger partial charge in [-0.2, -0.15) is 0 Å². The van der Waals surface area contributed by atoms with Gasteiger partial charge in [-0.15, -0.1) is 6.58 Å². The number of fused-ring (bicyclic) bond motifs is 3. The van der Waals surface area contributed by atoms with Gasteiger partial charge in [0.1, 0.15) is 0 Å². The summed E-state index contributed by atoms with van der Waals surface area (Å²) in [4.78, 5) is 2.57. The maximum atomic E-state index is 5.41. The van der Waals surface area contributed by atoms with Crippen molar-refractivity contribution >= 4 is 0 Å². The highest BCUT2D eigenvalue weighted by Gasteiger charge is 2.39. The highest BCUT2D eigenvalue weighted by molar-refractivity contribution is 5.43. The van der Waals surface area contributed by atoms with E-state index in [4.69, 9.17) is 9.47 Å². The van der Waals surface area contributed by atoms with Gasteiger partial charge < -0.3 is 14.8 Å². The molecular weight excluding hydrogens is 264 g/mol. The highest BCUT2D eigenvalue weighted by Crippen LogP contribution is 2.32. The number of nitrogens with zero attached hydrogens (tertiary/aromatic N) is 1. The van der Waals surface area contributed by atoms with Gasteiger partial charge in [0, 0.05) is 31.2 Å². The molecule has 4 heteroatoms. The fraction of sp³-hybridized carbons (Fsp3) is 0.529. The highest BCUT2D eigenvalue weighted by atomic mass is 16.5. The average molecular weight is 288 g/mol. The van der Waals surface area contributed by atoms with E-state index in [2.05, 4.69) is 35.0 Å². The second-order valence-corrected chi connectivity index (χ2v) is 5.83. The van der Waals surface area contributed by atoms with Crippen molar-refractivity contribution in [1.82, 2.24) is 10.2 Å². The summed E-state index contributed by atoms with van der Waals surface area (Å²) in [7, 11) is 3.35. The van der Waals surface area contributed by atoms with E-state index in [1.165, 1.54) is 18.4 Å². The van der Waals surface area contributed by atoms with Crippen LogP contribution in [0.5, 0.6) is 11.5 Å². The minimum absolute atomic E-state index is 0.422. The second kappa shape index (κ2) is 6.08. The third-order valence-electron chi connectivity index (χ3n) is 4.75. The molecule has 3 aliphatic heterocycles. The second-order valence-electron chi connectivity index (χ2n) is 5.83. The van der Waals surface area contributed by atoms with E-state index in [9.17, 15) is 0 Å². The lowest BCUT2D eigenvalue weighted by atomic mass is 9.86. The molecule has 21 heavy (non-hydrogen) atoms. The first-order valence-electron chi connectivity index (χ1n) is 7.59. The van der Waals surface area contributed by atoms with Crippen LogP contribution in [0.3, 0.4) is 0 Å². The van der Waals surface area contributed by atoms with Crippen molar-refractivity contribution in [2.24, 2.45) is 0 Å². The molecular formula is C17H24N2O2. The lowest BCUT2D eigenvalue weighted by molar-refractivity contribution is 0.0310. The number of rotatable bonds is 5. The third-order valence-corrected chi connectivity index (χ3v) is 4.75. The van der Waals surface area contributed by atoms with Gasteiger partial charge in [-0.1, -0.05) is 12.1 Å². The minimum atomic E-state index is 0.422. The Hall–Kier alpha value is -1.52. The molecule has 1 aromatic carbocycles. The molecule has 1 aromatic rings. The van der Waals surface area contributed by atoms with Crippen LogP contribution in [0.25, 0.3) is 0 Å². The van der Waals surface area contributed by atoms with Crippen molar-refractivity contribution in [1.29, 1.82) is 0 Å². The van der Waals surface area contributed by atoms with E-state index < -0.39 is 0 Å². The van der Waals surface area contributed by atoms with Crippen molar-refractivity contribution in [2.45, 2.75) is 37.5 Å². The van der Waals surface area contributed by atoms with Gasteiger partial charge in [0.25, 0.3) is 0 Å². The molecule has 114 valence electrons. The summed E-state index contributed by atoms with van der Waals surface area (Å²) < 4.78 is 10.7. The van der Waals surface area contributed by atoms with E-state index in [1.54, 1.807) is 14.2 Å². The molecule has 3 saturated heterocycles. The molecule has 2 bridgehead atoms. The van der Waals surface area contributed by atoms with E-state index in [0.29, 0.717) is 18.1 Å². The van der Waals surface area contributed by atoms with Crippen molar-refractivity contribution < 1.29 is 9.47 Å². The predicted molar refractivity (Wildman–Crippen MR) is 83.9 cm³/mol. The number of hydrogen-bond donors (Lipinski definition) is 1. The van der Waals surface area contributed by atoms with Crippen LogP contribution in [0.15, 0.2) is 30.9 Å². The molecule has 3 fully saturated rings. The zero-order valence-electron chi connectivity index (χ0n) is 12.8. The van der Waals surface area contributed by atoms with E-state index in [0.717, 1.165) is 24.6 Å². The van der Waals surface area contributed by atoms with Crippen LogP contribution in [0.1, 0.15) is 18.4 Å². The molecule has 3 heterocycles. The van der Waals surface area contributed by atoms with Gasteiger partial charge in [-0.3, -0.25) is 4.90 Å². The fourth-order valence-corrected chi connectivity index (χ4v) is 3.64. The average Bonchev–Trinajstić information content (AvgIpc) is 2.55. The van der Waals surface area contributed by atoms with Gasteiger partial charge >= 0.3 is 0 Å². The Balaban J connectivity index is 1.80. The van der Waals surface area contributed by atoms with Crippen LogP contribution in [0.4, 0.5) is 0 Å². The number of ether oxygens (including phenoxy) is 2. The molecule has 1 N–H and O–H groups in total. The minimum Gasteiger partial charge on any atom is -0.493 e. The summed E-state index contributed by atoms with van der Waals surface area (Å²) >= 11 is 0. The normalized spacial score (nSPS) is 28.4. The summed E-state index contributed by atoms with van der Waals surface area (Å²) in [5.41, 5.74) is 1.26. The molecule has 0 aliphatic carbocycles. The molecule has 0 saturated carbocycles. The van der Waals surface area contributed by atoms with Crippen molar-refractivity contribution in [2.75, 3.05) is 20.8 Å². The Kier molecular flexibility index (Phi) is 4.17. The molecule has 0 radical (unpaired) electrons. The smallest absolute Gasteiger partial charge is 0.161 e. The van der Waals surface area contributed by atoms with Crippen LogP contribution in [-0.4, -0.2) is 43.8 Å². The zero-order valence-corrected chi connectivity index (χ0v) is 12.8. The number of piperidine rings is 2. The molecule has 3 atom stereocenters. The Morgan fingerprint density at radius 2 is 2.10 bits per heavy atom. The molecule has 4 nitrogen and oxygen atoms in total. The van der Waals surface area contributed by atoms with Crippen LogP contribution >= 0.6 is 0 Å². The number of methoxy groups -OCH3 is 2. The van der Waals surface area contributed by atoms with Crippen molar-refractivity contribution in [3.8, 4) is 11.5 Å². The summed E-state index contributed by atoms with van der Waals surface area (Å²) in [5.74, 6) is 1.58. The number of benzene rings is 1. The lowest BCUT2D eigenvalue weighted by Crippen LogP contribution is -2.65. The fourth-order valence-electron chi connectivity index (χ4n) is 3.64. The van der Waals surface area contributed by atoms with Gasteiger partial charge in [0.05, 0.1) is 14.2 Å². The van der Waals surface area contributed by atoms with Gasteiger partial charge in [-0.05, 0) is 30.5 Å². The molecule has 3 aliphatic rings. The van der Waals surface area contributed by atoms with Crippen LogP contribution in [-0.2, 0) is 6.54 Å². The molecule has 0 aromatic heterocycles. The van der Waals surface area contributed by atoms with Gasteiger partial charge in [-0.25, -0.2) is 0 Å². The summed E-state index contributed by atoms with van der Waals surface area (Å²) in [5, 5.41) is 3.62. The van der Waals surface area contributed by atoms with E-state index in [1.807, 2.05) is 6.07 Å². The van der Waals surface area contributed by atoms with Crippen LogP contribution in [0, 0.1) is 0 Å². The predicted octanol–water partition coefficient (Wildman–Crippen LogP) is 2.19. The largest absolute Gasteiger partial charge is 0.493 e.